The number of anilines is 1. The van der Waals surface area contributed by atoms with Gasteiger partial charge in [0.25, 0.3) is 0 Å². The van der Waals surface area contributed by atoms with Gasteiger partial charge >= 0.3 is 0 Å². The highest BCUT2D eigenvalue weighted by Gasteiger charge is 2.19. The summed E-state index contributed by atoms with van der Waals surface area (Å²) >= 11 is 0. The molecule has 1 saturated heterocycles. The number of pyridine rings is 1. The zero-order valence-electron chi connectivity index (χ0n) is 15.8. The van der Waals surface area contributed by atoms with Gasteiger partial charge in [-0.15, -0.1) is 0 Å². The molecule has 1 aliphatic rings. The Morgan fingerprint density at radius 3 is 2.56 bits per heavy atom. The lowest BCUT2D eigenvalue weighted by molar-refractivity contribution is 0.0341. The van der Waals surface area contributed by atoms with Gasteiger partial charge in [0.2, 0.25) is 0 Å². The molecule has 25 heavy (non-hydrogen) atoms. The highest BCUT2D eigenvalue weighted by atomic mass is 16.5. The van der Waals surface area contributed by atoms with Crippen LogP contribution < -0.4 is 5.32 Å². The van der Waals surface area contributed by atoms with E-state index in [1.54, 1.807) is 6.92 Å². The molecule has 3 rings (SSSR count). The Morgan fingerprint density at radius 1 is 1.24 bits per heavy atom. The van der Waals surface area contributed by atoms with Crippen molar-refractivity contribution in [2.24, 2.45) is 0 Å². The van der Waals surface area contributed by atoms with Gasteiger partial charge in [-0.3, -0.25) is 0 Å². The predicted molar refractivity (Wildman–Crippen MR) is 100 cm³/mol. The third kappa shape index (κ3) is 4.45. The largest absolute Gasteiger partial charge is 0.361 e. The number of hydrogen-bond donors (Lipinski definition) is 2. The first-order chi connectivity index (χ1) is 12.1. The summed E-state index contributed by atoms with van der Waals surface area (Å²) in [4.78, 5) is 4.72. The number of aromatic nitrogens is 2. The standard InChI is InChI=1S/C17H22N4O2.C2H6/c1-10(18)13-7-8-14(16-11(2)21-23-12(16)3)19-17(13)20-15-6-4-5-9-22-15;1-2/h7-8,15,18H,4-6,9H2,1-3H3,(H,19,20);1-2H3. The van der Waals surface area contributed by atoms with E-state index in [-0.39, 0.29) is 6.23 Å². The first-order valence-electron chi connectivity index (χ1n) is 8.94. The van der Waals surface area contributed by atoms with E-state index in [2.05, 4.69) is 10.5 Å². The zero-order chi connectivity index (χ0) is 18.4. The second-order valence-corrected chi connectivity index (χ2v) is 5.92. The average Bonchev–Trinajstić information content (AvgIpc) is 2.96. The molecule has 0 amide bonds. The van der Waals surface area contributed by atoms with Gasteiger partial charge in [0.1, 0.15) is 17.8 Å². The second-order valence-electron chi connectivity index (χ2n) is 5.92. The maximum absolute atomic E-state index is 7.97. The minimum Gasteiger partial charge on any atom is -0.361 e. The van der Waals surface area contributed by atoms with E-state index in [9.17, 15) is 0 Å². The molecule has 3 heterocycles. The van der Waals surface area contributed by atoms with E-state index in [0.717, 1.165) is 54.1 Å². The smallest absolute Gasteiger partial charge is 0.143 e. The molecule has 1 fully saturated rings. The van der Waals surface area contributed by atoms with Gasteiger partial charge in [-0.05, 0) is 52.2 Å². The molecule has 0 saturated carbocycles. The molecule has 0 bridgehead atoms. The summed E-state index contributed by atoms with van der Waals surface area (Å²) in [6.07, 6.45) is 3.14. The van der Waals surface area contributed by atoms with E-state index < -0.39 is 0 Å². The van der Waals surface area contributed by atoms with Crippen LogP contribution in [0.3, 0.4) is 0 Å². The molecule has 6 nitrogen and oxygen atoms in total. The predicted octanol–water partition coefficient (Wildman–Crippen LogP) is 4.71. The lowest BCUT2D eigenvalue weighted by Crippen LogP contribution is -2.28. The molecule has 2 aromatic rings. The highest BCUT2D eigenvalue weighted by Crippen LogP contribution is 2.28. The number of ether oxygens (including phenoxy) is 1. The van der Waals surface area contributed by atoms with Crippen molar-refractivity contribution in [3.05, 3.63) is 29.2 Å². The van der Waals surface area contributed by atoms with Crippen molar-refractivity contribution in [2.75, 3.05) is 11.9 Å². The molecular formula is C19H28N4O2. The van der Waals surface area contributed by atoms with Crippen molar-refractivity contribution in [3.63, 3.8) is 0 Å². The quantitative estimate of drug-likeness (QED) is 0.785. The topological polar surface area (TPSA) is 84.0 Å². The average molecular weight is 344 g/mol. The normalized spacial score (nSPS) is 16.8. The Hall–Kier alpha value is -2.21. The van der Waals surface area contributed by atoms with E-state index in [4.69, 9.17) is 19.7 Å². The molecular weight excluding hydrogens is 316 g/mol. The summed E-state index contributed by atoms with van der Waals surface area (Å²) in [5.74, 6) is 1.43. The van der Waals surface area contributed by atoms with Gasteiger partial charge in [-0.1, -0.05) is 19.0 Å². The van der Waals surface area contributed by atoms with Crippen LogP contribution in [-0.2, 0) is 4.74 Å². The lowest BCUT2D eigenvalue weighted by atomic mass is 10.1. The molecule has 1 aliphatic heterocycles. The Morgan fingerprint density at radius 2 is 2.00 bits per heavy atom. The van der Waals surface area contributed by atoms with Crippen LogP contribution in [0.15, 0.2) is 16.7 Å². The molecule has 6 heteroatoms. The Bertz CT molecular complexity index is 699. The highest BCUT2D eigenvalue weighted by molar-refractivity contribution is 6.01. The summed E-state index contributed by atoms with van der Waals surface area (Å²) in [5.41, 5.74) is 3.78. The summed E-state index contributed by atoms with van der Waals surface area (Å²) in [6.45, 7) is 10.3. The van der Waals surface area contributed by atoms with Crippen LogP contribution in [0.25, 0.3) is 11.3 Å². The van der Waals surface area contributed by atoms with Crippen LogP contribution in [0.2, 0.25) is 0 Å². The summed E-state index contributed by atoms with van der Waals surface area (Å²) in [7, 11) is 0. The van der Waals surface area contributed by atoms with Crippen LogP contribution in [-0.4, -0.2) is 28.7 Å². The molecule has 0 aliphatic carbocycles. The SMILES string of the molecule is CC.CC(=N)c1ccc(-c2c(C)noc2C)nc1NC1CCCCO1. The van der Waals surface area contributed by atoms with Crippen LogP contribution in [0.5, 0.6) is 0 Å². The van der Waals surface area contributed by atoms with Crippen molar-refractivity contribution in [1.29, 1.82) is 5.41 Å². The second kappa shape index (κ2) is 8.76. The number of hydrogen-bond acceptors (Lipinski definition) is 6. The number of nitrogens with one attached hydrogen (secondary N) is 2. The van der Waals surface area contributed by atoms with E-state index in [1.807, 2.05) is 39.8 Å². The van der Waals surface area contributed by atoms with Gasteiger partial charge in [-0.2, -0.15) is 0 Å². The fourth-order valence-corrected chi connectivity index (χ4v) is 2.87. The van der Waals surface area contributed by atoms with Crippen LogP contribution in [0.4, 0.5) is 5.82 Å². The summed E-state index contributed by atoms with van der Waals surface area (Å²) < 4.78 is 11.0. The van der Waals surface area contributed by atoms with E-state index >= 15 is 0 Å². The van der Waals surface area contributed by atoms with E-state index in [0.29, 0.717) is 11.5 Å². The van der Waals surface area contributed by atoms with Crippen molar-refractivity contribution >= 4 is 11.5 Å². The van der Waals surface area contributed by atoms with Crippen molar-refractivity contribution in [3.8, 4) is 11.3 Å². The molecule has 0 radical (unpaired) electrons. The Balaban J connectivity index is 0.00000109. The van der Waals surface area contributed by atoms with Crippen LogP contribution >= 0.6 is 0 Å². The van der Waals surface area contributed by atoms with Gasteiger partial charge in [0.05, 0.1) is 17.0 Å². The Labute approximate surface area is 149 Å². The first-order valence-corrected chi connectivity index (χ1v) is 8.94. The molecule has 0 spiro atoms. The monoisotopic (exact) mass is 344 g/mol. The van der Waals surface area contributed by atoms with Gasteiger partial charge in [0.15, 0.2) is 0 Å². The van der Waals surface area contributed by atoms with Gasteiger partial charge < -0.3 is 20.0 Å². The van der Waals surface area contributed by atoms with Crippen LogP contribution in [0, 0.1) is 19.3 Å². The number of aryl methyl sites for hydroxylation is 2. The molecule has 2 aromatic heterocycles. The number of nitrogens with zero attached hydrogens (tertiary/aromatic N) is 2. The zero-order valence-corrected chi connectivity index (χ0v) is 15.8. The third-order valence-corrected chi connectivity index (χ3v) is 4.07. The number of rotatable bonds is 4. The van der Waals surface area contributed by atoms with Crippen molar-refractivity contribution < 1.29 is 9.26 Å². The molecule has 0 aromatic carbocycles. The van der Waals surface area contributed by atoms with Crippen molar-refractivity contribution in [2.45, 2.75) is 60.1 Å². The third-order valence-electron chi connectivity index (χ3n) is 4.07. The maximum Gasteiger partial charge on any atom is 0.143 e. The summed E-state index contributed by atoms with van der Waals surface area (Å²) in [5, 5.41) is 15.3. The fourth-order valence-electron chi connectivity index (χ4n) is 2.87. The van der Waals surface area contributed by atoms with Crippen molar-refractivity contribution in [1.82, 2.24) is 10.1 Å². The molecule has 136 valence electrons. The first kappa shape index (κ1) is 19.1. The minimum atomic E-state index is -0.0470. The van der Waals surface area contributed by atoms with Crippen LogP contribution in [0.1, 0.15) is 57.1 Å². The van der Waals surface area contributed by atoms with Gasteiger partial charge in [0, 0.05) is 17.9 Å². The molecule has 2 N–H and O–H groups in total. The molecule has 1 atom stereocenters. The lowest BCUT2D eigenvalue weighted by Gasteiger charge is -2.25. The van der Waals surface area contributed by atoms with Gasteiger partial charge in [-0.25, -0.2) is 4.98 Å². The van der Waals surface area contributed by atoms with E-state index in [1.165, 1.54) is 0 Å². The minimum absolute atomic E-state index is 0.0470. The molecule has 1 unspecified atom stereocenters. The maximum atomic E-state index is 7.97. The Kier molecular flexibility index (Phi) is 6.70. The fraction of sp³-hybridized carbons (Fsp3) is 0.526. The summed E-state index contributed by atoms with van der Waals surface area (Å²) in [6, 6.07) is 3.83.